The Morgan fingerprint density at radius 2 is 1.90 bits per heavy atom. The first-order valence-electron chi connectivity index (χ1n) is 6.48. The zero-order valence-corrected chi connectivity index (χ0v) is 12.1. The zero-order chi connectivity index (χ0) is 14.7. The minimum Gasteiger partial charge on any atom is -0.306 e. The molecule has 0 aliphatic carbocycles. The summed E-state index contributed by atoms with van der Waals surface area (Å²) in [5, 5.41) is 3.73. The highest BCUT2D eigenvalue weighted by Crippen LogP contribution is 2.32. The van der Waals surface area contributed by atoms with E-state index in [1.165, 1.54) is 6.07 Å². The number of nitrogens with one attached hydrogen (secondary N) is 1. The van der Waals surface area contributed by atoms with E-state index in [0.717, 1.165) is 23.3 Å². The molecule has 0 saturated heterocycles. The van der Waals surface area contributed by atoms with Gasteiger partial charge >= 0.3 is 0 Å². The van der Waals surface area contributed by atoms with Crippen molar-refractivity contribution in [1.82, 2.24) is 5.32 Å². The van der Waals surface area contributed by atoms with Gasteiger partial charge in [0.1, 0.15) is 11.6 Å². The van der Waals surface area contributed by atoms with Crippen LogP contribution >= 0.6 is 11.6 Å². The lowest BCUT2D eigenvalue weighted by atomic mass is 9.96. The second kappa shape index (κ2) is 6.33. The van der Waals surface area contributed by atoms with Crippen LogP contribution in [0.1, 0.15) is 29.7 Å². The molecule has 0 aromatic heterocycles. The highest BCUT2D eigenvalue weighted by molar-refractivity contribution is 6.32. The Morgan fingerprint density at radius 3 is 2.60 bits per heavy atom. The second-order valence-electron chi connectivity index (χ2n) is 4.63. The molecular weight excluding hydrogens is 280 g/mol. The van der Waals surface area contributed by atoms with Crippen molar-refractivity contribution in [2.75, 3.05) is 6.54 Å². The first-order chi connectivity index (χ1) is 9.54. The van der Waals surface area contributed by atoms with Crippen molar-refractivity contribution in [1.29, 1.82) is 0 Å². The maximum absolute atomic E-state index is 14.0. The summed E-state index contributed by atoms with van der Waals surface area (Å²) in [6.45, 7) is 4.41. The van der Waals surface area contributed by atoms with Gasteiger partial charge in [-0.1, -0.05) is 36.7 Å². The molecule has 106 valence electrons. The van der Waals surface area contributed by atoms with Gasteiger partial charge in [-0.25, -0.2) is 8.78 Å². The second-order valence-corrected chi connectivity index (χ2v) is 5.01. The van der Waals surface area contributed by atoms with Crippen molar-refractivity contribution in [3.63, 3.8) is 0 Å². The van der Waals surface area contributed by atoms with E-state index in [9.17, 15) is 8.78 Å². The summed E-state index contributed by atoms with van der Waals surface area (Å²) >= 11 is 6.31. The summed E-state index contributed by atoms with van der Waals surface area (Å²) in [7, 11) is 0. The van der Waals surface area contributed by atoms with Crippen molar-refractivity contribution in [3.8, 4) is 0 Å². The van der Waals surface area contributed by atoms with E-state index in [-0.39, 0.29) is 5.56 Å². The van der Waals surface area contributed by atoms with E-state index in [2.05, 4.69) is 5.32 Å². The molecule has 4 heteroatoms. The third-order valence-corrected chi connectivity index (χ3v) is 3.73. The summed E-state index contributed by atoms with van der Waals surface area (Å²) in [5.74, 6) is -0.914. The fourth-order valence-electron chi connectivity index (χ4n) is 2.22. The van der Waals surface area contributed by atoms with Crippen LogP contribution < -0.4 is 5.32 Å². The van der Waals surface area contributed by atoms with Crippen LogP contribution in [-0.4, -0.2) is 6.54 Å². The molecule has 0 spiro atoms. The van der Waals surface area contributed by atoms with E-state index in [1.54, 1.807) is 0 Å². The molecule has 0 fully saturated rings. The summed E-state index contributed by atoms with van der Waals surface area (Å²) in [6.07, 6.45) is 0. The molecular formula is C16H16ClF2N. The van der Waals surface area contributed by atoms with Crippen molar-refractivity contribution in [2.24, 2.45) is 0 Å². The maximum atomic E-state index is 14.0. The van der Waals surface area contributed by atoms with Gasteiger partial charge in [0.2, 0.25) is 0 Å². The lowest BCUT2D eigenvalue weighted by molar-refractivity contribution is 0.545. The highest BCUT2D eigenvalue weighted by atomic mass is 35.5. The number of rotatable bonds is 4. The van der Waals surface area contributed by atoms with Crippen molar-refractivity contribution < 1.29 is 8.78 Å². The van der Waals surface area contributed by atoms with Crippen molar-refractivity contribution in [2.45, 2.75) is 19.9 Å². The first-order valence-corrected chi connectivity index (χ1v) is 6.85. The van der Waals surface area contributed by atoms with Crippen LogP contribution in [0.25, 0.3) is 0 Å². The smallest absolute Gasteiger partial charge is 0.128 e. The molecule has 0 amide bonds. The maximum Gasteiger partial charge on any atom is 0.128 e. The molecule has 2 rings (SSSR count). The Bertz CT molecular complexity index is 611. The summed E-state index contributed by atoms with van der Waals surface area (Å²) in [4.78, 5) is 0. The van der Waals surface area contributed by atoms with Crippen LogP contribution in [0.4, 0.5) is 8.78 Å². The molecule has 2 aromatic rings. The SMILES string of the molecule is CCNC(c1cc(F)ccc1F)c1cccc(C)c1Cl. The standard InChI is InChI=1S/C16H16ClF2N/c1-3-20-16(12-6-4-5-10(2)15(12)17)13-9-11(18)7-8-14(13)19/h4-9,16,20H,3H2,1-2H3. The highest BCUT2D eigenvalue weighted by Gasteiger charge is 2.20. The van der Waals surface area contributed by atoms with Gasteiger partial charge in [0.25, 0.3) is 0 Å². The molecule has 0 aliphatic heterocycles. The van der Waals surface area contributed by atoms with Gasteiger partial charge in [-0.05, 0) is 42.8 Å². The fraction of sp³-hybridized carbons (Fsp3) is 0.250. The number of hydrogen-bond acceptors (Lipinski definition) is 1. The topological polar surface area (TPSA) is 12.0 Å². The van der Waals surface area contributed by atoms with Gasteiger partial charge < -0.3 is 5.32 Å². The van der Waals surface area contributed by atoms with Gasteiger partial charge in [-0.2, -0.15) is 0 Å². The van der Waals surface area contributed by atoms with E-state index in [1.807, 2.05) is 32.0 Å². The zero-order valence-electron chi connectivity index (χ0n) is 11.4. The largest absolute Gasteiger partial charge is 0.306 e. The van der Waals surface area contributed by atoms with Gasteiger partial charge in [-0.15, -0.1) is 0 Å². The molecule has 2 aromatic carbocycles. The van der Waals surface area contributed by atoms with E-state index >= 15 is 0 Å². The van der Waals surface area contributed by atoms with Crippen molar-refractivity contribution >= 4 is 11.6 Å². The minimum absolute atomic E-state index is 0.263. The third-order valence-electron chi connectivity index (χ3n) is 3.21. The van der Waals surface area contributed by atoms with Crippen LogP contribution in [0.3, 0.4) is 0 Å². The molecule has 0 radical (unpaired) electrons. The van der Waals surface area contributed by atoms with Gasteiger partial charge in [0, 0.05) is 10.6 Å². The Labute approximate surface area is 122 Å². The van der Waals surface area contributed by atoms with Crippen LogP contribution in [-0.2, 0) is 0 Å². The summed E-state index contributed by atoms with van der Waals surface area (Å²) < 4.78 is 27.4. The Hall–Kier alpha value is -1.45. The molecule has 0 aliphatic rings. The molecule has 1 N–H and O–H groups in total. The molecule has 0 bridgehead atoms. The van der Waals surface area contributed by atoms with Crippen LogP contribution in [0.15, 0.2) is 36.4 Å². The lowest BCUT2D eigenvalue weighted by Gasteiger charge is -2.21. The Kier molecular flexibility index (Phi) is 4.73. The van der Waals surface area contributed by atoms with E-state index in [0.29, 0.717) is 11.6 Å². The van der Waals surface area contributed by atoms with Crippen LogP contribution in [0.5, 0.6) is 0 Å². The third kappa shape index (κ3) is 3.00. The van der Waals surface area contributed by atoms with Gasteiger partial charge in [0.15, 0.2) is 0 Å². The minimum atomic E-state index is -0.469. The molecule has 1 unspecified atom stereocenters. The Balaban J connectivity index is 2.56. The predicted molar refractivity (Wildman–Crippen MR) is 78.1 cm³/mol. The van der Waals surface area contributed by atoms with Gasteiger partial charge in [-0.3, -0.25) is 0 Å². The van der Waals surface area contributed by atoms with Crippen LogP contribution in [0, 0.1) is 18.6 Å². The number of hydrogen-bond donors (Lipinski definition) is 1. The van der Waals surface area contributed by atoms with Gasteiger partial charge in [0.05, 0.1) is 6.04 Å². The summed E-state index contributed by atoms with van der Waals surface area (Å²) in [6, 6.07) is 8.56. The average Bonchev–Trinajstić information content (AvgIpc) is 2.43. The first kappa shape index (κ1) is 14.9. The number of aryl methyl sites for hydroxylation is 1. The van der Waals surface area contributed by atoms with E-state index < -0.39 is 17.7 Å². The number of benzene rings is 2. The average molecular weight is 296 g/mol. The normalized spacial score (nSPS) is 12.4. The lowest BCUT2D eigenvalue weighted by Crippen LogP contribution is -2.23. The van der Waals surface area contributed by atoms with Crippen molar-refractivity contribution in [3.05, 3.63) is 69.7 Å². The fourth-order valence-corrected chi connectivity index (χ4v) is 2.46. The predicted octanol–water partition coefficient (Wildman–Crippen LogP) is 4.63. The number of halogens is 3. The molecule has 0 saturated carbocycles. The molecule has 1 atom stereocenters. The molecule has 20 heavy (non-hydrogen) atoms. The monoisotopic (exact) mass is 295 g/mol. The van der Waals surface area contributed by atoms with E-state index in [4.69, 9.17) is 11.6 Å². The summed E-state index contributed by atoms with van der Waals surface area (Å²) in [5.41, 5.74) is 1.92. The Morgan fingerprint density at radius 1 is 1.15 bits per heavy atom. The quantitative estimate of drug-likeness (QED) is 0.867. The molecule has 0 heterocycles. The van der Waals surface area contributed by atoms with Crippen LogP contribution in [0.2, 0.25) is 5.02 Å². The molecule has 1 nitrogen and oxygen atoms in total.